The number of pyridine rings is 1. The van der Waals surface area contributed by atoms with Gasteiger partial charge in [0.05, 0.1) is 11.4 Å². The predicted octanol–water partition coefficient (Wildman–Crippen LogP) is 4.55. The maximum Gasteiger partial charge on any atom is 0.214 e. The Kier molecular flexibility index (Phi) is 5.86. The van der Waals surface area contributed by atoms with E-state index in [1.165, 1.54) is 16.7 Å². The largest absolute Gasteiger partial charge is 0.487 e. The second kappa shape index (κ2) is 8.87. The van der Waals surface area contributed by atoms with Crippen LogP contribution in [0.5, 0.6) is 5.75 Å². The van der Waals surface area contributed by atoms with Crippen LogP contribution in [0.4, 0.5) is 0 Å². The zero-order valence-corrected chi connectivity index (χ0v) is 17.1. The number of nitrogens with zero attached hydrogens (tertiary/aromatic N) is 5. The lowest BCUT2D eigenvalue weighted by Crippen LogP contribution is -2.00. The average molecular weight is 404 g/mol. The van der Waals surface area contributed by atoms with Crippen molar-refractivity contribution >= 4 is 11.8 Å². The number of thioether (sulfide) groups is 1. The van der Waals surface area contributed by atoms with Gasteiger partial charge >= 0.3 is 0 Å². The van der Waals surface area contributed by atoms with Crippen LogP contribution in [-0.2, 0) is 12.4 Å². The van der Waals surface area contributed by atoms with Crippen molar-refractivity contribution in [3.05, 3.63) is 89.2 Å². The first-order valence-corrected chi connectivity index (χ1v) is 10.3. The molecule has 6 nitrogen and oxygen atoms in total. The van der Waals surface area contributed by atoms with E-state index in [4.69, 9.17) is 4.74 Å². The lowest BCUT2D eigenvalue weighted by Gasteiger charge is -2.08. The molecule has 0 atom stereocenters. The Morgan fingerprint density at radius 3 is 2.59 bits per heavy atom. The summed E-state index contributed by atoms with van der Waals surface area (Å²) < 4.78 is 7.57. The zero-order valence-electron chi connectivity index (χ0n) is 16.3. The molecule has 4 aromatic rings. The van der Waals surface area contributed by atoms with Crippen molar-refractivity contribution in [3.8, 4) is 11.4 Å². The molecule has 4 rings (SSSR count). The molecule has 0 aliphatic carbocycles. The number of rotatable bonds is 7. The third-order valence-electron chi connectivity index (χ3n) is 4.58. The fraction of sp³-hybridized carbons (Fsp3) is 0.182. The molecule has 0 aliphatic rings. The Morgan fingerprint density at radius 2 is 1.83 bits per heavy atom. The molecular weight excluding hydrogens is 382 g/mol. The highest BCUT2D eigenvalue weighted by Gasteiger charge is 2.10. The zero-order chi connectivity index (χ0) is 20.1. The van der Waals surface area contributed by atoms with Gasteiger partial charge < -0.3 is 4.74 Å². The SMILES string of the molecule is Cc1ccc(-n2nnnc2SCc2ccc(OCc3ccccn3)cc2)cc1C. The van der Waals surface area contributed by atoms with Crippen LogP contribution in [0.15, 0.2) is 72.0 Å². The van der Waals surface area contributed by atoms with Gasteiger partial charge in [-0.05, 0) is 77.4 Å². The smallest absolute Gasteiger partial charge is 0.214 e. The average Bonchev–Trinajstić information content (AvgIpc) is 3.23. The second-order valence-electron chi connectivity index (χ2n) is 6.68. The minimum atomic E-state index is 0.458. The van der Waals surface area contributed by atoms with Gasteiger partial charge in [0.1, 0.15) is 12.4 Å². The number of tetrazole rings is 1. The Labute approximate surface area is 174 Å². The Bertz CT molecular complexity index is 1080. The standard InChI is InChI=1S/C22H21N5OS/c1-16-6-9-20(13-17(16)2)27-22(24-25-26-27)29-15-18-7-10-21(11-8-18)28-14-19-5-3-4-12-23-19/h3-13H,14-15H2,1-2H3. The molecule has 0 fully saturated rings. The van der Waals surface area contributed by atoms with Gasteiger partial charge in [-0.1, -0.05) is 36.0 Å². The Balaban J connectivity index is 1.37. The van der Waals surface area contributed by atoms with E-state index in [0.717, 1.165) is 28.0 Å². The maximum atomic E-state index is 5.79. The Hall–Kier alpha value is -3.19. The van der Waals surface area contributed by atoms with Crippen LogP contribution in [-0.4, -0.2) is 25.2 Å². The van der Waals surface area contributed by atoms with Crippen molar-refractivity contribution in [1.82, 2.24) is 25.2 Å². The van der Waals surface area contributed by atoms with Gasteiger partial charge in [-0.15, -0.1) is 5.10 Å². The number of aromatic nitrogens is 5. The third kappa shape index (κ3) is 4.81. The molecule has 0 unspecified atom stereocenters. The summed E-state index contributed by atoms with van der Waals surface area (Å²) in [6.07, 6.45) is 1.77. The summed E-state index contributed by atoms with van der Waals surface area (Å²) in [6.45, 7) is 4.64. The van der Waals surface area contributed by atoms with Gasteiger partial charge in [-0.25, -0.2) is 0 Å². The number of benzene rings is 2. The highest BCUT2D eigenvalue weighted by atomic mass is 32.2. The minimum Gasteiger partial charge on any atom is -0.487 e. The maximum absolute atomic E-state index is 5.79. The highest BCUT2D eigenvalue weighted by molar-refractivity contribution is 7.98. The highest BCUT2D eigenvalue weighted by Crippen LogP contribution is 2.24. The summed E-state index contributed by atoms with van der Waals surface area (Å²) in [6, 6.07) is 20.1. The van der Waals surface area contributed by atoms with E-state index in [1.54, 1.807) is 22.6 Å². The van der Waals surface area contributed by atoms with E-state index in [1.807, 2.05) is 36.4 Å². The summed E-state index contributed by atoms with van der Waals surface area (Å²) in [5.41, 5.74) is 5.52. The van der Waals surface area contributed by atoms with Crippen molar-refractivity contribution in [2.75, 3.05) is 0 Å². The van der Waals surface area contributed by atoms with Crippen LogP contribution in [0.2, 0.25) is 0 Å². The van der Waals surface area contributed by atoms with Crippen molar-refractivity contribution in [2.45, 2.75) is 31.4 Å². The summed E-state index contributed by atoms with van der Waals surface area (Å²) in [4.78, 5) is 4.26. The van der Waals surface area contributed by atoms with E-state index >= 15 is 0 Å². The molecule has 7 heteroatoms. The molecule has 2 aromatic heterocycles. The van der Waals surface area contributed by atoms with Crippen LogP contribution >= 0.6 is 11.8 Å². The van der Waals surface area contributed by atoms with E-state index in [0.29, 0.717) is 6.61 Å². The van der Waals surface area contributed by atoms with Crippen LogP contribution in [0.1, 0.15) is 22.4 Å². The molecule has 0 amide bonds. The van der Waals surface area contributed by atoms with Crippen molar-refractivity contribution in [3.63, 3.8) is 0 Å². The van der Waals surface area contributed by atoms with Crippen LogP contribution in [0.25, 0.3) is 5.69 Å². The predicted molar refractivity (Wildman–Crippen MR) is 113 cm³/mol. The molecule has 2 aromatic carbocycles. The van der Waals surface area contributed by atoms with E-state index in [2.05, 4.69) is 58.6 Å². The van der Waals surface area contributed by atoms with Gasteiger partial charge in [0, 0.05) is 11.9 Å². The Morgan fingerprint density at radius 1 is 0.966 bits per heavy atom. The number of aryl methyl sites for hydroxylation is 2. The quantitative estimate of drug-likeness (QED) is 0.422. The van der Waals surface area contributed by atoms with Crippen LogP contribution in [0.3, 0.4) is 0 Å². The van der Waals surface area contributed by atoms with Crippen LogP contribution < -0.4 is 4.74 Å². The number of hydrogen-bond donors (Lipinski definition) is 0. The van der Waals surface area contributed by atoms with Crippen molar-refractivity contribution in [2.24, 2.45) is 0 Å². The molecule has 0 N–H and O–H groups in total. The lowest BCUT2D eigenvalue weighted by molar-refractivity contribution is 0.301. The molecule has 2 heterocycles. The molecular formula is C22H21N5OS. The van der Waals surface area contributed by atoms with Gasteiger partial charge in [-0.2, -0.15) is 4.68 Å². The number of ether oxygens (including phenoxy) is 1. The van der Waals surface area contributed by atoms with Crippen molar-refractivity contribution < 1.29 is 4.74 Å². The van der Waals surface area contributed by atoms with E-state index in [9.17, 15) is 0 Å². The third-order valence-corrected chi connectivity index (χ3v) is 5.57. The molecule has 0 aliphatic heterocycles. The normalized spacial score (nSPS) is 10.8. The fourth-order valence-corrected chi connectivity index (χ4v) is 3.61. The molecule has 0 saturated heterocycles. The summed E-state index contributed by atoms with van der Waals surface area (Å²) in [5, 5.41) is 12.9. The van der Waals surface area contributed by atoms with Crippen LogP contribution in [0, 0.1) is 13.8 Å². The number of hydrogen-bond acceptors (Lipinski definition) is 6. The first kappa shape index (κ1) is 19.1. The first-order chi connectivity index (χ1) is 14.2. The summed E-state index contributed by atoms with van der Waals surface area (Å²) in [7, 11) is 0. The molecule has 146 valence electrons. The molecule has 0 bridgehead atoms. The first-order valence-electron chi connectivity index (χ1n) is 9.29. The van der Waals surface area contributed by atoms with E-state index in [-0.39, 0.29) is 0 Å². The van der Waals surface area contributed by atoms with Gasteiger partial charge in [-0.3, -0.25) is 4.98 Å². The fourth-order valence-electron chi connectivity index (χ4n) is 2.76. The topological polar surface area (TPSA) is 65.7 Å². The molecule has 29 heavy (non-hydrogen) atoms. The second-order valence-corrected chi connectivity index (χ2v) is 7.63. The summed E-state index contributed by atoms with van der Waals surface area (Å²) >= 11 is 1.60. The van der Waals surface area contributed by atoms with Crippen molar-refractivity contribution in [1.29, 1.82) is 0 Å². The van der Waals surface area contributed by atoms with Gasteiger partial charge in [0.2, 0.25) is 5.16 Å². The lowest BCUT2D eigenvalue weighted by atomic mass is 10.1. The minimum absolute atomic E-state index is 0.458. The summed E-state index contributed by atoms with van der Waals surface area (Å²) in [5.74, 6) is 1.59. The molecule has 0 saturated carbocycles. The monoisotopic (exact) mass is 403 g/mol. The molecule has 0 spiro atoms. The van der Waals surface area contributed by atoms with Gasteiger partial charge in [0.15, 0.2) is 0 Å². The van der Waals surface area contributed by atoms with E-state index < -0.39 is 0 Å². The molecule has 0 radical (unpaired) electrons. The van der Waals surface area contributed by atoms with Gasteiger partial charge in [0.25, 0.3) is 0 Å².